The minimum atomic E-state index is -4.01. The highest BCUT2D eigenvalue weighted by atomic mass is 32.2. The average Bonchev–Trinajstić information content (AvgIpc) is 3.38. The second-order valence-electron chi connectivity index (χ2n) is 6.53. The Labute approximate surface area is 155 Å². The number of benzene rings is 2. The summed E-state index contributed by atoms with van der Waals surface area (Å²) in [6.45, 7) is 0.664. The second kappa shape index (κ2) is 6.59. The second-order valence-corrected chi connectivity index (χ2v) is 8.18. The molecule has 0 saturated heterocycles. The zero-order valence-electron chi connectivity index (χ0n) is 14.2. The number of H-pyrrole nitrogens is 1. The Hall–Kier alpha value is -3.05. The van der Waals surface area contributed by atoms with Gasteiger partial charge in [0.15, 0.2) is 0 Å². The molecular formula is C19H16FN3O3S. The molecule has 4 rings (SSSR count). The normalized spacial score (nSPS) is 14.1. The molecule has 0 aliphatic heterocycles. The fraction of sp³-hybridized carbons (Fsp3) is 0.211. The largest absolute Gasteiger partial charge is 0.493 e. The molecule has 1 saturated carbocycles. The zero-order chi connectivity index (χ0) is 19.0. The number of rotatable bonds is 6. The molecule has 1 aromatic heterocycles. The number of hydrogen-bond donors (Lipinski definition) is 2. The van der Waals surface area contributed by atoms with Gasteiger partial charge in [-0.3, -0.25) is 4.72 Å². The molecule has 1 heterocycles. The summed E-state index contributed by atoms with van der Waals surface area (Å²) < 4.78 is 47.4. The molecule has 0 unspecified atom stereocenters. The van der Waals surface area contributed by atoms with Crippen LogP contribution < -0.4 is 9.46 Å². The van der Waals surface area contributed by atoms with E-state index >= 15 is 0 Å². The number of anilines is 1. The molecule has 0 bridgehead atoms. The molecule has 1 fully saturated rings. The van der Waals surface area contributed by atoms with Crippen LogP contribution in [-0.2, 0) is 10.0 Å². The summed E-state index contributed by atoms with van der Waals surface area (Å²) in [5, 5.41) is 9.26. The Balaban J connectivity index is 1.61. The van der Waals surface area contributed by atoms with Crippen molar-refractivity contribution in [3.8, 4) is 11.8 Å². The molecule has 1 aliphatic carbocycles. The first-order valence-corrected chi connectivity index (χ1v) is 9.91. The highest BCUT2D eigenvalue weighted by Gasteiger charge is 2.23. The highest BCUT2D eigenvalue weighted by molar-refractivity contribution is 7.93. The molecule has 1 aliphatic rings. The van der Waals surface area contributed by atoms with Crippen molar-refractivity contribution < 1.29 is 17.5 Å². The molecule has 2 N–H and O–H groups in total. The van der Waals surface area contributed by atoms with Crippen LogP contribution in [-0.4, -0.2) is 20.0 Å². The number of aromatic nitrogens is 1. The number of aromatic amines is 1. The number of nitrogens with zero attached hydrogens (tertiary/aromatic N) is 1. The van der Waals surface area contributed by atoms with Gasteiger partial charge in [-0.2, -0.15) is 5.26 Å². The standard InChI is InChI=1S/C19H16FN3O3S/c20-16-7-13(9-21)3-6-17(16)23-27(24,25)19-10-22-18-8-14(4-5-15(18)19)26-11-12-1-2-12/h3-8,10,12,22-23H,1-2,11H2. The lowest BCUT2D eigenvalue weighted by Gasteiger charge is -2.09. The number of nitriles is 1. The third-order valence-corrected chi connectivity index (χ3v) is 5.84. The Morgan fingerprint density at radius 1 is 1.26 bits per heavy atom. The van der Waals surface area contributed by atoms with Crippen LogP contribution in [0.1, 0.15) is 18.4 Å². The predicted molar refractivity (Wildman–Crippen MR) is 98.4 cm³/mol. The van der Waals surface area contributed by atoms with E-state index in [1.807, 2.05) is 0 Å². The first kappa shape index (κ1) is 17.4. The van der Waals surface area contributed by atoms with Gasteiger partial charge < -0.3 is 9.72 Å². The van der Waals surface area contributed by atoms with Crippen molar-refractivity contribution in [3.05, 3.63) is 54.0 Å². The Morgan fingerprint density at radius 3 is 2.78 bits per heavy atom. The van der Waals surface area contributed by atoms with Crippen molar-refractivity contribution in [1.29, 1.82) is 5.26 Å². The van der Waals surface area contributed by atoms with Gasteiger partial charge >= 0.3 is 0 Å². The topological polar surface area (TPSA) is 95.0 Å². The van der Waals surface area contributed by atoms with Crippen LogP contribution in [0.2, 0.25) is 0 Å². The van der Waals surface area contributed by atoms with E-state index in [1.165, 1.54) is 31.2 Å². The lowest BCUT2D eigenvalue weighted by Crippen LogP contribution is -2.13. The Morgan fingerprint density at radius 2 is 2.07 bits per heavy atom. The van der Waals surface area contributed by atoms with E-state index in [9.17, 15) is 12.8 Å². The van der Waals surface area contributed by atoms with Crippen LogP contribution in [0.25, 0.3) is 10.9 Å². The van der Waals surface area contributed by atoms with Gasteiger partial charge in [-0.05, 0) is 49.1 Å². The van der Waals surface area contributed by atoms with Crippen molar-refractivity contribution in [2.75, 3.05) is 11.3 Å². The van der Waals surface area contributed by atoms with Gasteiger partial charge in [0.05, 0.1) is 29.4 Å². The third-order valence-electron chi connectivity index (χ3n) is 4.43. The van der Waals surface area contributed by atoms with Gasteiger partial charge in [-0.15, -0.1) is 0 Å². The number of nitrogens with one attached hydrogen (secondary N) is 2. The van der Waals surface area contributed by atoms with E-state index in [0.29, 0.717) is 29.2 Å². The molecule has 138 valence electrons. The Kier molecular flexibility index (Phi) is 4.24. The van der Waals surface area contributed by atoms with Crippen molar-refractivity contribution in [3.63, 3.8) is 0 Å². The average molecular weight is 385 g/mol. The van der Waals surface area contributed by atoms with Gasteiger partial charge in [0, 0.05) is 17.6 Å². The molecule has 0 amide bonds. The maximum absolute atomic E-state index is 14.0. The van der Waals surface area contributed by atoms with Crippen molar-refractivity contribution in [2.24, 2.45) is 5.92 Å². The molecule has 3 aromatic rings. The number of ether oxygens (including phenoxy) is 1. The van der Waals surface area contributed by atoms with E-state index in [1.54, 1.807) is 24.3 Å². The zero-order valence-corrected chi connectivity index (χ0v) is 15.0. The molecule has 0 spiro atoms. The van der Waals surface area contributed by atoms with Crippen LogP contribution in [0.4, 0.5) is 10.1 Å². The van der Waals surface area contributed by atoms with Crippen LogP contribution in [0, 0.1) is 23.1 Å². The number of fused-ring (bicyclic) bond motifs is 1. The minimum absolute atomic E-state index is 0.00926. The molecule has 27 heavy (non-hydrogen) atoms. The SMILES string of the molecule is N#Cc1ccc(NS(=O)(=O)c2c[nH]c3cc(OCC4CC4)ccc23)c(F)c1. The summed E-state index contributed by atoms with van der Waals surface area (Å²) in [7, 11) is -4.01. The number of hydrogen-bond acceptors (Lipinski definition) is 4. The van der Waals surface area contributed by atoms with Gasteiger partial charge in [-0.1, -0.05) is 0 Å². The third kappa shape index (κ3) is 3.59. The van der Waals surface area contributed by atoms with E-state index in [2.05, 4.69) is 9.71 Å². The minimum Gasteiger partial charge on any atom is -0.493 e. The number of halogens is 1. The van der Waals surface area contributed by atoms with Crippen molar-refractivity contribution in [2.45, 2.75) is 17.7 Å². The van der Waals surface area contributed by atoms with Gasteiger partial charge in [0.2, 0.25) is 0 Å². The van der Waals surface area contributed by atoms with Crippen molar-refractivity contribution >= 4 is 26.6 Å². The summed E-state index contributed by atoms with van der Waals surface area (Å²) in [5.41, 5.74) is 0.512. The maximum Gasteiger partial charge on any atom is 0.264 e. The molecule has 8 heteroatoms. The van der Waals surface area contributed by atoms with E-state index < -0.39 is 15.8 Å². The smallest absolute Gasteiger partial charge is 0.264 e. The lowest BCUT2D eigenvalue weighted by atomic mass is 10.2. The predicted octanol–water partition coefficient (Wildman–Crippen LogP) is 3.77. The summed E-state index contributed by atoms with van der Waals surface area (Å²) in [6, 6.07) is 10.5. The van der Waals surface area contributed by atoms with Gasteiger partial charge in [0.1, 0.15) is 16.5 Å². The summed E-state index contributed by atoms with van der Waals surface area (Å²) in [4.78, 5) is 2.93. The van der Waals surface area contributed by atoms with E-state index in [0.717, 1.165) is 6.07 Å². The molecule has 0 atom stereocenters. The van der Waals surface area contributed by atoms with Crippen molar-refractivity contribution in [1.82, 2.24) is 4.98 Å². The number of sulfonamides is 1. The van der Waals surface area contributed by atoms with E-state index in [-0.39, 0.29) is 16.1 Å². The quantitative estimate of drug-likeness (QED) is 0.675. The molecule has 0 radical (unpaired) electrons. The van der Waals surface area contributed by atoms with Crippen LogP contribution in [0.15, 0.2) is 47.5 Å². The summed E-state index contributed by atoms with van der Waals surface area (Å²) >= 11 is 0. The fourth-order valence-electron chi connectivity index (χ4n) is 2.76. The van der Waals surface area contributed by atoms with E-state index in [4.69, 9.17) is 10.00 Å². The molecule has 2 aromatic carbocycles. The first-order valence-electron chi connectivity index (χ1n) is 8.43. The fourth-order valence-corrected chi connectivity index (χ4v) is 4.00. The molecule has 6 nitrogen and oxygen atoms in total. The summed E-state index contributed by atoms with van der Waals surface area (Å²) in [6.07, 6.45) is 3.73. The monoisotopic (exact) mass is 385 g/mol. The maximum atomic E-state index is 14.0. The van der Waals surface area contributed by atoms with Gasteiger partial charge in [-0.25, -0.2) is 12.8 Å². The molecular weight excluding hydrogens is 369 g/mol. The van der Waals surface area contributed by atoms with Gasteiger partial charge in [0.25, 0.3) is 10.0 Å². The van der Waals surface area contributed by atoms with Crippen LogP contribution in [0.5, 0.6) is 5.75 Å². The van der Waals surface area contributed by atoms with Crippen LogP contribution >= 0.6 is 0 Å². The first-order chi connectivity index (χ1) is 13.0. The van der Waals surface area contributed by atoms with Crippen LogP contribution in [0.3, 0.4) is 0 Å². The Bertz CT molecular complexity index is 1160. The summed E-state index contributed by atoms with van der Waals surface area (Å²) in [5.74, 6) is 0.478. The highest BCUT2D eigenvalue weighted by Crippen LogP contribution is 2.31. The lowest BCUT2D eigenvalue weighted by molar-refractivity contribution is 0.300.